The Morgan fingerprint density at radius 1 is 1.50 bits per heavy atom. The number of esters is 1. The highest BCUT2D eigenvalue weighted by Gasteiger charge is 2.23. The van der Waals surface area contributed by atoms with Crippen molar-refractivity contribution in [2.75, 3.05) is 24.2 Å². The van der Waals surface area contributed by atoms with Gasteiger partial charge >= 0.3 is 5.97 Å². The van der Waals surface area contributed by atoms with Gasteiger partial charge in [-0.2, -0.15) is 0 Å². The first kappa shape index (κ1) is 16.3. The fourth-order valence-electron chi connectivity index (χ4n) is 1.52. The van der Waals surface area contributed by atoms with E-state index in [0.29, 0.717) is 29.6 Å². The first-order valence-electron chi connectivity index (χ1n) is 6.95. The van der Waals surface area contributed by atoms with E-state index in [4.69, 9.17) is 10.5 Å². The van der Waals surface area contributed by atoms with Crippen molar-refractivity contribution < 1.29 is 9.53 Å². The molecule has 0 fully saturated rings. The molecule has 1 aromatic rings. The van der Waals surface area contributed by atoms with Crippen molar-refractivity contribution in [2.45, 2.75) is 34.6 Å². The zero-order chi connectivity index (χ0) is 15.3. The van der Waals surface area contributed by atoms with Crippen LogP contribution in [0, 0.1) is 11.3 Å². The SMILES string of the molecule is CCOC(=O)c1ccnc(NCC(C)(C)C(C)C)c1N. The second kappa shape index (κ2) is 6.59. The molecular formula is C15H25N3O2. The molecule has 5 heteroatoms. The predicted octanol–water partition coefficient (Wildman–Crippen LogP) is 2.93. The minimum Gasteiger partial charge on any atom is -0.462 e. The summed E-state index contributed by atoms with van der Waals surface area (Å²) in [4.78, 5) is 16.0. The van der Waals surface area contributed by atoms with Crippen LogP contribution >= 0.6 is 0 Å². The molecule has 0 aliphatic carbocycles. The molecule has 112 valence electrons. The largest absolute Gasteiger partial charge is 0.462 e. The first-order valence-corrected chi connectivity index (χ1v) is 6.95. The number of carbonyl (C=O) groups excluding carboxylic acids is 1. The van der Waals surface area contributed by atoms with E-state index in [1.54, 1.807) is 19.2 Å². The summed E-state index contributed by atoms with van der Waals surface area (Å²) in [5, 5.41) is 3.23. The number of pyridine rings is 1. The van der Waals surface area contributed by atoms with Crippen molar-refractivity contribution in [3.63, 3.8) is 0 Å². The number of hydrogen-bond donors (Lipinski definition) is 2. The highest BCUT2D eigenvalue weighted by atomic mass is 16.5. The first-order chi connectivity index (χ1) is 9.29. The summed E-state index contributed by atoms with van der Waals surface area (Å²) < 4.78 is 4.97. The molecule has 5 nitrogen and oxygen atoms in total. The van der Waals surface area contributed by atoms with Gasteiger partial charge in [0.15, 0.2) is 0 Å². The fraction of sp³-hybridized carbons (Fsp3) is 0.600. The molecular weight excluding hydrogens is 254 g/mol. The molecule has 0 aromatic carbocycles. The lowest BCUT2D eigenvalue weighted by atomic mass is 9.81. The second-order valence-electron chi connectivity index (χ2n) is 5.84. The Balaban J connectivity index is 2.87. The fourth-order valence-corrected chi connectivity index (χ4v) is 1.52. The summed E-state index contributed by atoms with van der Waals surface area (Å²) in [5.41, 5.74) is 6.79. The molecule has 20 heavy (non-hydrogen) atoms. The molecule has 0 unspecified atom stereocenters. The van der Waals surface area contributed by atoms with Crippen LogP contribution in [0.2, 0.25) is 0 Å². The maximum Gasteiger partial charge on any atom is 0.340 e. The van der Waals surface area contributed by atoms with Crippen molar-refractivity contribution in [1.82, 2.24) is 4.98 Å². The van der Waals surface area contributed by atoms with Gasteiger partial charge in [-0.05, 0) is 24.3 Å². The topological polar surface area (TPSA) is 77.2 Å². The van der Waals surface area contributed by atoms with Gasteiger partial charge in [0.25, 0.3) is 0 Å². The van der Waals surface area contributed by atoms with Crippen molar-refractivity contribution >= 4 is 17.5 Å². The van der Waals surface area contributed by atoms with Gasteiger partial charge in [-0.25, -0.2) is 9.78 Å². The number of nitrogens with zero attached hydrogens (tertiary/aromatic N) is 1. The van der Waals surface area contributed by atoms with Gasteiger partial charge in [0.2, 0.25) is 0 Å². The van der Waals surface area contributed by atoms with Crippen molar-refractivity contribution in [3.05, 3.63) is 17.8 Å². The molecule has 0 aliphatic rings. The number of nitrogens with one attached hydrogen (secondary N) is 1. The van der Waals surface area contributed by atoms with Gasteiger partial charge in [0, 0.05) is 12.7 Å². The minimum absolute atomic E-state index is 0.105. The van der Waals surface area contributed by atoms with Gasteiger partial charge in [0.1, 0.15) is 5.82 Å². The summed E-state index contributed by atoms with van der Waals surface area (Å²) in [6, 6.07) is 1.58. The number of carbonyl (C=O) groups is 1. The second-order valence-corrected chi connectivity index (χ2v) is 5.84. The van der Waals surface area contributed by atoms with Gasteiger partial charge in [-0.15, -0.1) is 0 Å². The Kier molecular flexibility index (Phi) is 5.36. The molecule has 0 amide bonds. The maximum atomic E-state index is 11.8. The van der Waals surface area contributed by atoms with Crippen LogP contribution in [0.3, 0.4) is 0 Å². The summed E-state index contributed by atoms with van der Waals surface area (Å²) in [6.07, 6.45) is 1.56. The number of rotatable bonds is 6. The van der Waals surface area contributed by atoms with Crippen LogP contribution < -0.4 is 11.1 Å². The van der Waals surface area contributed by atoms with Crippen LogP contribution in [0.25, 0.3) is 0 Å². The summed E-state index contributed by atoms with van der Waals surface area (Å²) >= 11 is 0. The quantitative estimate of drug-likeness (QED) is 0.783. The van der Waals surface area contributed by atoms with E-state index in [0.717, 1.165) is 6.54 Å². The van der Waals surface area contributed by atoms with E-state index in [2.05, 4.69) is 38.0 Å². The van der Waals surface area contributed by atoms with E-state index < -0.39 is 5.97 Å². The molecule has 0 atom stereocenters. The lowest BCUT2D eigenvalue weighted by Gasteiger charge is -2.29. The molecule has 3 N–H and O–H groups in total. The van der Waals surface area contributed by atoms with Gasteiger partial charge in [0.05, 0.1) is 17.9 Å². The number of hydrogen-bond acceptors (Lipinski definition) is 5. The highest BCUT2D eigenvalue weighted by molar-refractivity contribution is 5.97. The van der Waals surface area contributed by atoms with Crippen molar-refractivity contribution in [2.24, 2.45) is 11.3 Å². The van der Waals surface area contributed by atoms with Crippen molar-refractivity contribution in [3.8, 4) is 0 Å². The number of nitrogen functional groups attached to an aromatic ring is 1. The Morgan fingerprint density at radius 2 is 2.15 bits per heavy atom. The van der Waals surface area contributed by atoms with Crippen LogP contribution in [0.1, 0.15) is 45.0 Å². The lowest BCUT2D eigenvalue weighted by molar-refractivity contribution is 0.0527. The Bertz CT molecular complexity index is 470. The molecule has 0 bridgehead atoms. The molecule has 0 saturated carbocycles. The van der Waals surface area contributed by atoms with Crippen LogP contribution in [-0.4, -0.2) is 24.1 Å². The average molecular weight is 279 g/mol. The van der Waals surface area contributed by atoms with Crippen LogP contribution in [0.5, 0.6) is 0 Å². The van der Waals surface area contributed by atoms with E-state index in [1.807, 2.05) is 0 Å². The van der Waals surface area contributed by atoms with Gasteiger partial charge in [-0.3, -0.25) is 0 Å². The standard InChI is InChI=1S/C15H25N3O2/c1-6-20-14(19)11-7-8-17-13(12(11)16)18-9-15(4,5)10(2)3/h7-8,10H,6,9,16H2,1-5H3,(H,17,18). The molecule has 1 heterocycles. The van der Waals surface area contributed by atoms with E-state index in [9.17, 15) is 4.79 Å². The monoisotopic (exact) mass is 279 g/mol. The summed E-state index contributed by atoms with van der Waals surface area (Å²) in [7, 11) is 0. The third kappa shape index (κ3) is 3.85. The zero-order valence-electron chi connectivity index (χ0n) is 13.0. The van der Waals surface area contributed by atoms with E-state index >= 15 is 0 Å². The Labute approximate surface area is 120 Å². The third-order valence-electron chi connectivity index (χ3n) is 3.76. The predicted molar refractivity (Wildman–Crippen MR) is 81.7 cm³/mol. The lowest BCUT2D eigenvalue weighted by Crippen LogP contribution is -2.29. The minimum atomic E-state index is -0.418. The van der Waals surface area contributed by atoms with Crippen LogP contribution in [0.4, 0.5) is 11.5 Å². The summed E-state index contributed by atoms with van der Waals surface area (Å²) in [5.74, 6) is 0.632. The number of ether oxygens (including phenoxy) is 1. The Morgan fingerprint density at radius 3 is 2.70 bits per heavy atom. The molecule has 0 aliphatic heterocycles. The molecule has 0 radical (unpaired) electrons. The number of nitrogens with two attached hydrogens (primary N) is 1. The summed E-state index contributed by atoms with van der Waals surface area (Å²) in [6.45, 7) is 11.5. The number of aromatic nitrogens is 1. The third-order valence-corrected chi connectivity index (χ3v) is 3.76. The Hall–Kier alpha value is -1.78. The zero-order valence-corrected chi connectivity index (χ0v) is 13.0. The molecule has 1 aromatic heterocycles. The molecule has 0 saturated heterocycles. The van der Waals surface area contributed by atoms with Crippen LogP contribution in [0.15, 0.2) is 12.3 Å². The molecule has 1 rings (SSSR count). The van der Waals surface area contributed by atoms with E-state index in [1.165, 1.54) is 0 Å². The highest BCUT2D eigenvalue weighted by Crippen LogP contribution is 2.28. The number of anilines is 2. The van der Waals surface area contributed by atoms with E-state index in [-0.39, 0.29) is 5.41 Å². The van der Waals surface area contributed by atoms with Crippen molar-refractivity contribution in [1.29, 1.82) is 0 Å². The maximum absolute atomic E-state index is 11.8. The van der Waals surface area contributed by atoms with Crippen LogP contribution in [-0.2, 0) is 4.74 Å². The molecule has 0 spiro atoms. The average Bonchev–Trinajstić information content (AvgIpc) is 2.37. The smallest absolute Gasteiger partial charge is 0.340 e. The van der Waals surface area contributed by atoms with Gasteiger partial charge in [-0.1, -0.05) is 27.7 Å². The normalized spacial score (nSPS) is 11.5. The van der Waals surface area contributed by atoms with Gasteiger partial charge < -0.3 is 15.8 Å².